The molecule has 13 heavy (non-hydrogen) atoms. The van der Waals surface area contributed by atoms with Crippen LogP contribution in [0.25, 0.3) is 11.0 Å². The number of hydrogen-bond acceptors (Lipinski definition) is 3. The lowest BCUT2D eigenvalue weighted by Gasteiger charge is -2.07. The predicted molar refractivity (Wildman–Crippen MR) is 49.1 cm³/mol. The Kier molecular flexibility index (Phi) is 1.98. The summed E-state index contributed by atoms with van der Waals surface area (Å²) in [5.74, 6) is 0. The smallest absolute Gasteiger partial charge is 0.118 e. The van der Waals surface area contributed by atoms with E-state index in [4.69, 9.17) is 0 Å². The molecule has 0 aliphatic heterocycles. The molecule has 2 aromatic rings. The number of aromatic amines is 1. The summed E-state index contributed by atoms with van der Waals surface area (Å²) in [6.07, 6.45) is 0.236. The number of nitrogens with zero attached hydrogens (tertiary/aromatic N) is 2. The largest absolute Gasteiger partial charge is 0.388 e. The highest BCUT2D eigenvalue weighted by molar-refractivity contribution is 5.77. The number of fused-ring (bicyclic) bond motifs is 1. The molecular weight excluding hydrogens is 166 g/mol. The van der Waals surface area contributed by atoms with Crippen LogP contribution in [0.3, 0.4) is 0 Å². The van der Waals surface area contributed by atoms with E-state index >= 15 is 0 Å². The molecule has 0 amide bonds. The van der Waals surface area contributed by atoms with Crippen molar-refractivity contribution in [2.45, 2.75) is 19.4 Å². The van der Waals surface area contributed by atoms with Crippen LogP contribution in [0.4, 0.5) is 0 Å². The van der Waals surface area contributed by atoms with Gasteiger partial charge in [0.15, 0.2) is 0 Å². The van der Waals surface area contributed by atoms with E-state index in [9.17, 15) is 5.11 Å². The van der Waals surface area contributed by atoms with E-state index in [0.29, 0.717) is 6.42 Å². The lowest BCUT2D eigenvalue weighted by Crippen LogP contribution is -1.95. The Bertz CT molecular complexity index is 410. The number of benzene rings is 1. The van der Waals surface area contributed by atoms with Crippen LogP contribution >= 0.6 is 0 Å². The van der Waals surface area contributed by atoms with Crippen molar-refractivity contribution >= 4 is 11.0 Å². The van der Waals surface area contributed by atoms with E-state index < -0.39 is 6.10 Å². The van der Waals surface area contributed by atoms with Gasteiger partial charge >= 0.3 is 0 Å². The number of aromatic nitrogens is 3. The second kappa shape index (κ2) is 3.14. The van der Waals surface area contributed by atoms with Crippen LogP contribution in [0.2, 0.25) is 0 Å². The summed E-state index contributed by atoms with van der Waals surface area (Å²) < 4.78 is 0. The zero-order valence-electron chi connectivity index (χ0n) is 7.36. The summed E-state index contributed by atoms with van der Waals surface area (Å²) in [7, 11) is 0. The second-order valence-electron chi connectivity index (χ2n) is 2.98. The van der Waals surface area contributed by atoms with Crippen LogP contribution in [0.1, 0.15) is 25.0 Å². The normalized spacial score (nSPS) is 13.4. The number of nitrogens with one attached hydrogen (secondary N) is 1. The zero-order chi connectivity index (χ0) is 9.26. The van der Waals surface area contributed by atoms with Gasteiger partial charge in [-0.15, -0.1) is 5.10 Å². The van der Waals surface area contributed by atoms with Crippen LogP contribution < -0.4 is 0 Å². The van der Waals surface area contributed by atoms with Crippen molar-refractivity contribution in [2.75, 3.05) is 0 Å². The molecule has 68 valence electrons. The summed E-state index contributed by atoms with van der Waals surface area (Å²) in [6, 6.07) is 5.65. The van der Waals surface area contributed by atoms with Gasteiger partial charge in [-0.3, -0.25) is 5.10 Å². The van der Waals surface area contributed by atoms with Gasteiger partial charge in [0.05, 0.1) is 11.6 Å². The zero-order valence-corrected chi connectivity index (χ0v) is 7.36. The molecular formula is C9H11N3O. The molecule has 4 heteroatoms. The minimum atomic E-state index is -0.450. The van der Waals surface area contributed by atoms with Gasteiger partial charge in [0.1, 0.15) is 5.52 Å². The van der Waals surface area contributed by atoms with Crippen molar-refractivity contribution in [1.82, 2.24) is 15.4 Å². The highest BCUT2D eigenvalue weighted by Crippen LogP contribution is 2.22. The van der Waals surface area contributed by atoms with Gasteiger partial charge in [-0.1, -0.05) is 24.3 Å². The van der Waals surface area contributed by atoms with Crippen LogP contribution in [-0.2, 0) is 0 Å². The van der Waals surface area contributed by atoms with Crippen LogP contribution in [0.5, 0.6) is 0 Å². The molecule has 0 aliphatic carbocycles. The third-order valence-corrected chi connectivity index (χ3v) is 2.13. The van der Waals surface area contributed by atoms with Gasteiger partial charge in [-0.2, -0.15) is 0 Å². The summed E-state index contributed by atoms with van der Waals surface area (Å²) in [5.41, 5.74) is 2.47. The van der Waals surface area contributed by atoms with Crippen molar-refractivity contribution < 1.29 is 5.11 Å². The lowest BCUT2D eigenvalue weighted by molar-refractivity contribution is 0.175. The minimum Gasteiger partial charge on any atom is -0.388 e. The average molecular weight is 177 g/mol. The van der Waals surface area contributed by atoms with Gasteiger partial charge in [0, 0.05) is 5.56 Å². The summed E-state index contributed by atoms with van der Waals surface area (Å²) in [5, 5.41) is 20.0. The summed E-state index contributed by atoms with van der Waals surface area (Å²) in [6.45, 7) is 1.93. The van der Waals surface area contributed by atoms with Gasteiger partial charge in [-0.25, -0.2) is 0 Å². The second-order valence-corrected chi connectivity index (χ2v) is 2.98. The number of aliphatic hydroxyl groups is 1. The van der Waals surface area contributed by atoms with Crippen LogP contribution in [0, 0.1) is 0 Å². The Morgan fingerprint density at radius 3 is 3.15 bits per heavy atom. The van der Waals surface area contributed by atoms with E-state index in [-0.39, 0.29) is 0 Å². The molecule has 0 aliphatic rings. The summed E-state index contributed by atoms with van der Waals surface area (Å²) in [4.78, 5) is 0. The van der Waals surface area contributed by atoms with Gasteiger partial charge < -0.3 is 5.11 Å². The minimum absolute atomic E-state index is 0.450. The molecule has 0 saturated heterocycles. The molecule has 0 spiro atoms. The van der Waals surface area contributed by atoms with Gasteiger partial charge in [0.25, 0.3) is 0 Å². The number of rotatable bonds is 2. The van der Waals surface area contributed by atoms with Gasteiger partial charge in [-0.05, 0) is 12.5 Å². The number of aliphatic hydroxyl groups excluding tert-OH is 1. The van der Waals surface area contributed by atoms with E-state index in [1.54, 1.807) is 0 Å². The van der Waals surface area contributed by atoms with Gasteiger partial charge in [0.2, 0.25) is 0 Å². The maximum absolute atomic E-state index is 9.66. The van der Waals surface area contributed by atoms with Crippen molar-refractivity contribution in [3.63, 3.8) is 0 Å². The monoisotopic (exact) mass is 177 g/mol. The first kappa shape index (κ1) is 8.19. The van der Waals surface area contributed by atoms with Crippen molar-refractivity contribution in [3.05, 3.63) is 23.8 Å². The third-order valence-electron chi connectivity index (χ3n) is 2.13. The Morgan fingerprint density at radius 2 is 2.38 bits per heavy atom. The Morgan fingerprint density at radius 1 is 1.54 bits per heavy atom. The fraction of sp³-hybridized carbons (Fsp3) is 0.333. The molecule has 4 nitrogen and oxygen atoms in total. The molecule has 0 fully saturated rings. The molecule has 1 aromatic heterocycles. The van der Waals surface area contributed by atoms with E-state index in [1.165, 1.54) is 0 Å². The molecule has 1 aromatic carbocycles. The third kappa shape index (κ3) is 1.29. The maximum atomic E-state index is 9.66. The van der Waals surface area contributed by atoms with Crippen molar-refractivity contribution in [1.29, 1.82) is 0 Å². The fourth-order valence-corrected chi connectivity index (χ4v) is 1.38. The highest BCUT2D eigenvalue weighted by atomic mass is 16.3. The number of H-pyrrole nitrogens is 1. The standard InChI is InChI=1S/C9H11N3O/c1-2-8(13)6-4-3-5-7-9(6)11-12-10-7/h3-5,8,13H,2H2,1H3,(H,10,11,12). The molecule has 0 bridgehead atoms. The first-order valence-electron chi connectivity index (χ1n) is 4.30. The lowest BCUT2D eigenvalue weighted by atomic mass is 10.1. The average Bonchev–Trinajstić information content (AvgIpc) is 2.63. The van der Waals surface area contributed by atoms with Crippen LogP contribution in [-0.4, -0.2) is 20.5 Å². The molecule has 0 saturated carbocycles. The van der Waals surface area contributed by atoms with Crippen molar-refractivity contribution in [2.24, 2.45) is 0 Å². The molecule has 1 atom stereocenters. The Balaban J connectivity index is 2.60. The molecule has 2 rings (SSSR count). The van der Waals surface area contributed by atoms with E-state index in [1.807, 2.05) is 25.1 Å². The predicted octanol–water partition coefficient (Wildman–Crippen LogP) is 1.40. The first-order valence-corrected chi connectivity index (χ1v) is 4.30. The van der Waals surface area contributed by atoms with E-state index in [0.717, 1.165) is 16.6 Å². The summed E-state index contributed by atoms with van der Waals surface area (Å²) >= 11 is 0. The van der Waals surface area contributed by atoms with Crippen LogP contribution in [0.15, 0.2) is 18.2 Å². The Hall–Kier alpha value is -1.42. The fourth-order valence-electron chi connectivity index (χ4n) is 1.38. The highest BCUT2D eigenvalue weighted by Gasteiger charge is 2.10. The Labute approximate surface area is 75.6 Å². The molecule has 1 heterocycles. The maximum Gasteiger partial charge on any atom is 0.118 e. The first-order chi connectivity index (χ1) is 6.33. The SMILES string of the molecule is CCC(O)c1cccc2[nH]nnc12. The molecule has 2 N–H and O–H groups in total. The van der Waals surface area contributed by atoms with E-state index in [2.05, 4.69) is 15.4 Å². The van der Waals surface area contributed by atoms with Crippen molar-refractivity contribution in [3.8, 4) is 0 Å². The number of hydrogen-bond donors (Lipinski definition) is 2. The quantitative estimate of drug-likeness (QED) is 0.728. The molecule has 1 unspecified atom stereocenters. The molecule has 0 radical (unpaired) electrons. The topological polar surface area (TPSA) is 61.8 Å².